The van der Waals surface area contributed by atoms with Crippen molar-refractivity contribution in [2.75, 3.05) is 50.0 Å². The number of amides is 3. The molecule has 1 saturated heterocycles. The lowest BCUT2D eigenvalue weighted by Gasteiger charge is -2.22. The number of nitrogens with one attached hydrogen (secondary N) is 1. The zero-order valence-electron chi connectivity index (χ0n) is 16.6. The highest BCUT2D eigenvalue weighted by Gasteiger charge is 2.18. The fourth-order valence-electron chi connectivity index (χ4n) is 3.36. The van der Waals surface area contributed by atoms with Gasteiger partial charge in [0.25, 0.3) is 5.91 Å². The van der Waals surface area contributed by atoms with Gasteiger partial charge in [-0.2, -0.15) is 0 Å². The average molecular weight is 380 g/mol. The van der Waals surface area contributed by atoms with E-state index < -0.39 is 0 Å². The summed E-state index contributed by atoms with van der Waals surface area (Å²) >= 11 is 0. The molecule has 1 fully saturated rings. The normalized spacial score (nSPS) is 15.0. The summed E-state index contributed by atoms with van der Waals surface area (Å²) in [5, 5.41) is 2.94. The van der Waals surface area contributed by atoms with Crippen LogP contribution in [0.3, 0.4) is 0 Å². The molecule has 0 unspecified atom stereocenters. The summed E-state index contributed by atoms with van der Waals surface area (Å²) in [6, 6.07) is 16.6. The SMILES string of the molecule is CCN(C(=O)c1ccc(NC(=O)N2CCCN(C)CC2)cc1)c1ccccc1. The zero-order valence-corrected chi connectivity index (χ0v) is 16.6. The molecule has 0 radical (unpaired) electrons. The third-order valence-electron chi connectivity index (χ3n) is 5.02. The van der Waals surface area contributed by atoms with Gasteiger partial charge in [-0.1, -0.05) is 18.2 Å². The van der Waals surface area contributed by atoms with E-state index in [2.05, 4.69) is 17.3 Å². The third kappa shape index (κ3) is 4.89. The van der Waals surface area contributed by atoms with Gasteiger partial charge >= 0.3 is 6.03 Å². The smallest absolute Gasteiger partial charge is 0.321 e. The Kier molecular flexibility index (Phi) is 6.66. The minimum atomic E-state index is -0.0890. The first-order valence-corrected chi connectivity index (χ1v) is 9.80. The molecule has 0 aliphatic carbocycles. The molecule has 148 valence electrons. The monoisotopic (exact) mass is 380 g/mol. The number of hydrogen-bond donors (Lipinski definition) is 1. The highest BCUT2D eigenvalue weighted by Crippen LogP contribution is 2.18. The Morgan fingerprint density at radius 3 is 2.36 bits per heavy atom. The molecule has 3 amide bonds. The summed E-state index contributed by atoms with van der Waals surface area (Å²) in [7, 11) is 2.08. The second-order valence-corrected chi connectivity index (χ2v) is 7.04. The predicted octanol–water partition coefficient (Wildman–Crippen LogP) is 3.52. The lowest BCUT2D eigenvalue weighted by Crippen LogP contribution is -2.37. The van der Waals surface area contributed by atoms with Crippen LogP contribution in [0.25, 0.3) is 0 Å². The lowest BCUT2D eigenvalue weighted by molar-refractivity contribution is 0.0988. The summed E-state index contributed by atoms with van der Waals surface area (Å²) in [5.74, 6) is -0.0536. The van der Waals surface area contributed by atoms with Gasteiger partial charge in [-0.15, -0.1) is 0 Å². The number of carbonyl (C=O) groups excluding carboxylic acids is 2. The van der Waals surface area contributed by atoms with E-state index in [4.69, 9.17) is 0 Å². The molecule has 0 saturated carbocycles. The number of para-hydroxylation sites is 1. The van der Waals surface area contributed by atoms with E-state index in [1.807, 2.05) is 42.2 Å². The van der Waals surface area contributed by atoms with Crippen molar-refractivity contribution in [1.29, 1.82) is 0 Å². The molecule has 2 aromatic carbocycles. The maximum atomic E-state index is 12.9. The minimum absolute atomic E-state index is 0.0536. The molecular weight excluding hydrogens is 352 g/mol. The topological polar surface area (TPSA) is 55.9 Å². The van der Waals surface area contributed by atoms with E-state index in [0.29, 0.717) is 17.8 Å². The number of anilines is 2. The number of hydrogen-bond acceptors (Lipinski definition) is 3. The second-order valence-electron chi connectivity index (χ2n) is 7.04. The molecule has 2 aromatic rings. The lowest BCUT2D eigenvalue weighted by atomic mass is 10.1. The van der Waals surface area contributed by atoms with Crippen LogP contribution in [-0.2, 0) is 0 Å². The van der Waals surface area contributed by atoms with Gasteiger partial charge in [0.05, 0.1) is 0 Å². The number of urea groups is 1. The van der Waals surface area contributed by atoms with Gasteiger partial charge in [-0.3, -0.25) is 4.79 Å². The fraction of sp³-hybridized carbons (Fsp3) is 0.364. The van der Waals surface area contributed by atoms with Gasteiger partial charge in [0, 0.05) is 43.1 Å². The number of rotatable bonds is 4. The highest BCUT2D eigenvalue weighted by molar-refractivity contribution is 6.06. The van der Waals surface area contributed by atoms with Crippen LogP contribution in [0, 0.1) is 0 Å². The molecule has 1 heterocycles. The number of likely N-dealkylation sites (N-methyl/N-ethyl adjacent to an activating group) is 1. The highest BCUT2D eigenvalue weighted by atomic mass is 16.2. The van der Waals surface area contributed by atoms with Crippen LogP contribution in [0.2, 0.25) is 0 Å². The third-order valence-corrected chi connectivity index (χ3v) is 5.02. The van der Waals surface area contributed by atoms with Crippen LogP contribution in [0.1, 0.15) is 23.7 Å². The quantitative estimate of drug-likeness (QED) is 0.883. The molecule has 1 N–H and O–H groups in total. The summed E-state index contributed by atoms with van der Waals surface area (Å²) in [5.41, 5.74) is 2.17. The van der Waals surface area contributed by atoms with Crippen molar-refractivity contribution in [2.45, 2.75) is 13.3 Å². The number of carbonyl (C=O) groups is 2. The minimum Gasteiger partial charge on any atom is -0.323 e. The Hall–Kier alpha value is -2.86. The number of benzene rings is 2. The molecule has 1 aliphatic heterocycles. The zero-order chi connectivity index (χ0) is 19.9. The van der Waals surface area contributed by atoms with E-state index in [0.717, 1.165) is 38.3 Å². The molecule has 3 rings (SSSR count). The molecule has 28 heavy (non-hydrogen) atoms. The molecule has 6 heteroatoms. The Balaban J connectivity index is 1.64. The van der Waals surface area contributed by atoms with E-state index in [1.165, 1.54) is 0 Å². The van der Waals surface area contributed by atoms with Crippen molar-refractivity contribution >= 4 is 23.3 Å². The molecular formula is C22H28N4O2. The maximum Gasteiger partial charge on any atom is 0.321 e. The van der Waals surface area contributed by atoms with Crippen LogP contribution < -0.4 is 10.2 Å². The van der Waals surface area contributed by atoms with Crippen LogP contribution in [0.5, 0.6) is 0 Å². The van der Waals surface area contributed by atoms with Crippen LogP contribution in [-0.4, -0.2) is 61.5 Å². The van der Waals surface area contributed by atoms with Crippen molar-refractivity contribution < 1.29 is 9.59 Å². The van der Waals surface area contributed by atoms with Crippen LogP contribution in [0.15, 0.2) is 54.6 Å². The summed E-state index contributed by atoms with van der Waals surface area (Å²) in [6.45, 7) is 5.92. The first-order chi connectivity index (χ1) is 13.6. The van der Waals surface area contributed by atoms with Crippen LogP contribution >= 0.6 is 0 Å². The second kappa shape index (κ2) is 9.37. The van der Waals surface area contributed by atoms with Gasteiger partial charge in [0.2, 0.25) is 0 Å². The first kappa shape index (κ1) is 19.9. The van der Waals surface area contributed by atoms with E-state index in [9.17, 15) is 9.59 Å². The first-order valence-electron chi connectivity index (χ1n) is 9.80. The molecule has 0 bridgehead atoms. The van der Waals surface area contributed by atoms with Gasteiger partial charge in [0.15, 0.2) is 0 Å². The Labute approximate surface area is 166 Å². The van der Waals surface area contributed by atoms with Gasteiger partial charge in [-0.25, -0.2) is 4.79 Å². The summed E-state index contributed by atoms with van der Waals surface area (Å²) < 4.78 is 0. The van der Waals surface area contributed by atoms with Crippen molar-refractivity contribution in [1.82, 2.24) is 9.80 Å². The Morgan fingerprint density at radius 2 is 1.68 bits per heavy atom. The average Bonchev–Trinajstić information content (AvgIpc) is 2.94. The Morgan fingerprint density at radius 1 is 0.964 bits per heavy atom. The van der Waals surface area contributed by atoms with Gasteiger partial charge < -0.3 is 20.0 Å². The van der Waals surface area contributed by atoms with Crippen molar-refractivity contribution in [3.63, 3.8) is 0 Å². The molecule has 0 aromatic heterocycles. The van der Waals surface area contributed by atoms with E-state index >= 15 is 0 Å². The van der Waals surface area contributed by atoms with Crippen molar-refractivity contribution in [3.8, 4) is 0 Å². The predicted molar refractivity (Wildman–Crippen MR) is 113 cm³/mol. The van der Waals surface area contributed by atoms with E-state index in [1.54, 1.807) is 29.2 Å². The molecule has 1 aliphatic rings. The van der Waals surface area contributed by atoms with Crippen LogP contribution in [0.4, 0.5) is 16.2 Å². The fourth-order valence-corrected chi connectivity index (χ4v) is 3.36. The van der Waals surface area contributed by atoms with Crippen molar-refractivity contribution in [2.24, 2.45) is 0 Å². The van der Waals surface area contributed by atoms with E-state index in [-0.39, 0.29) is 11.9 Å². The largest absolute Gasteiger partial charge is 0.323 e. The maximum absolute atomic E-state index is 12.9. The standard InChI is InChI=1S/C22H28N4O2/c1-3-26(20-8-5-4-6-9-20)21(27)18-10-12-19(13-11-18)23-22(28)25-15-7-14-24(2)16-17-25/h4-6,8-13H,3,7,14-17H2,1-2H3,(H,23,28). The summed E-state index contributed by atoms with van der Waals surface area (Å²) in [6.07, 6.45) is 0.976. The van der Waals surface area contributed by atoms with Gasteiger partial charge in [-0.05, 0) is 63.3 Å². The van der Waals surface area contributed by atoms with Crippen molar-refractivity contribution in [3.05, 3.63) is 60.2 Å². The molecule has 6 nitrogen and oxygen atoms in total. The Bertz CT molecular complexity index is 792. The molecule has 0 spiro atoms. The summed E-state index contributed by atoms with van der Waals surface area (Å²) in [4.78, 5) is 31.2. The van der Waals surface area contributed by atoms with Gasteiger partial charge in [0.1, 0.15) is 0 Å². The number of nitrogens with zero attached hydrogens (tertiary/aromatic N) is 3. The molecule has 0 atom stereocenters.